The van der Waals surface area contributed by atoms with Crippen molar-refractivity contribution >= 4 is 35.4 Å². The Balaban J connectivity index is 0.937. The topological polar surface area (TPSA) is 167 Å². The van der Waals surface area contributed by atoms with Gasteiger partial charge in [-0.1, -0.05) is 48.4 Å². The highest BCUT2D eigenvalue weighted by molar-refractivity contribution is 6.33. The van der Waals surface area contributed by atoms with E-state index in [1.165, 1.54) is 37.1 Å². The molecule has 2 heterocycles. The highest BCUT2D eigenvalue weighted by Crippen LogP contribution is 2.37. The maximum Gasteiger partial charge on any atom is 0.412 e. The predicted octanol–water partition coefficient (Wildman–Crippen LogP) is 8.10. The first kappa shape index (κ1) is 38.5. The SMILES string of the molecule is Cn1ncc(-c2nc(NC3CCC(N(Cc4ccccc4)C(=O)OCCCCCCNC(=O)Oc4ccc([N+](=O)[O-])cc4)CC3)ncc2Cl)c1CC1CC1. The van der Waals surface area contributed by atoms with Gasteiger partial charge < -0.3 is 25.0 Å². The Morgan fingerprint density at radius 2 is 1.72 bits per heavy atom. The smallest absolute Gasteiger partial charge is 0.412 e. The van der Waals surface area contributed by atoms with Crippen LogP contribution in [0.3, 0.4) is 0 Å². The lowest BCUT2D eigenvalue weighted by Crippen LogP contribution is -2.44. The fourth-order valence-corrected chi connectivity index (χ4v) is 6.95. The third-order valence-corrected chi connectivity index (χ3v) is 10.2. The molecule has 0 unspecified atom stereocenters. The van der Waals surface area contributed by atoms with Gasteiger partial charge in [0.2, 0.25) is 5.95 Å². The Morgan fingerprint density at radius 1 is 0.981 bits per heavy atom. The summed E-state index contributed by atoms with van der Waals surface area (Å²) in [5.41, 5.74) is 3.77. The molecule has 2 aromatic heterocycles. The molecule has 2 fully saturated rings. The van der Waals surface area contributed by atoms with E-state index in [9.17, 15) is 19.7 Å². The van der Waals surface area contributed by atoms with Gasteiger partial charge in [-0.3, -0.25) is 14.8 Å². The van der Waals surface area contributed by atoms with E-state index in [2.05, 4.69) is 20.7 Å². The predicted molar refractivity (Wildman–Crippen MR) is 204 cm³/mol. The van der Waals surface area contributed by atoms with Crippen LogP contribution >= 0.6 is 11.6 Å². The number of hydrogen-bond acceptors (Lipinski definition) is 10. The van der Waals surface area contributed by atoms with Crippen LogP contribution in [0.5, 0.6) is 5.75 Å². The first-order chi connectivity index (χ1) is 26.2. The average Bonchev–Trinajstić information content (AvgIpc) is 3.93. The average molecular weight is 759 g/mol. The van der Waals surface area contributed by atoms with Crippen molar-refractivity contribution in [3.05, 3.63) is 93.4 Å². The molecular weight excluding hydrogens is 712 g/mol. The number of nitro benzene ring substituents is 1. The van der Waals surface area contributed by atoms with E-state index in [1.54, 1.807) is 6.20 Å². The van der Waals surface area contributed by atoms with Crippen LogP contribution in [0.2, 0.25) is 5.02 Å². The maximum atomic E-state index is 13.5. The molecule has 286 valence electrons. The van der Waals surface area contributed by atoms with E-state index in [-0.39, 0.29) is 29.6 Å². The Hall–Kier alpha value is -5.24. The van der Waals surface area contributed by atoms with Gasteiger partial charge in [0.05, 0.1) is 34.6 Å². The fourth-order valence-electron chi connectivity index (χ4n) is 6.75. The number of ether oxygens (including phenoxy) is 2. The first-order valence-corrected chi connectivity index (χ1v) is 19.1. The number of anilines is 1. The van der Waals surface area contributed by atoms with Crippen LogP contribution in [0, 0.1) is 16.0 Å². The number of non-ortho nitro benzene ring substituents is 1. The zero-order chi connectivity index (χ0) is 37.9. The minimum atomic E-state index is -0.619. The fraction of sp³-hybridized carbons (Fsp3) is 0.462. The molecule has 0 bridgehead atoms. The monoisotopic (exact) mass is 758 g/mol. The number of nitrogens with one attached hydrogen (secondary N) is 2. The lowest BCUT2D eigenvalue weighted by Gasteiger charge is -2.36. The van der Waals surface area contributed by atoms with Crippen molar-refractivity contribution in [3.63, 3.8) is 0 Å². The van der Waals surface area contributed by atoms with Crippen molar-refractivity contribution in [1.29, 1.82) is 0 Å². The van der Waals surface area contributed by atoms with Gasteiger partial charge in [-0.2, -0.15) is 5.10 Å². The van der Waals surface area contributed by atoms with E-state index in [1.807, 2.05) is 53.2 Å². The molecule has 2 saturated carbocycles. The Morgan fingerprint density at radius 3 is 2.44 bits per heavy atom. The molecule has 54 heavy (non-hydrogen) atoms. The van der Waals surface area contributed by atoms with Crippen LogP contribution in [0.15, 0.2) is 67.0 Å². The number of nitro groups is 1. The van der Waals surface area contributed by atoms with Gasteiger partial charge >= 0.3 is 12.2 Å². The molecule has 0 atom stereocenters. The summed E-state index contributed by atoms with van der Waals surface area (Å²) in [5.74, 6) is 1.47. The van der Waals surface area contributed by atoms with Gasteiger partial charge in [-0.15, -0.1) is 0 Å². The summed E-state index contributed by atoms with van der Waals surface area (Å²) in [6.45, 7) is 1.21. The summed E-state index contributed by atoms with van der Waals surface area (Å²) in [4.78, 5) is 47.0. The number of amides is 2. The Labute approximate surface area is 319 Å². The number of carbonyl (C=O) groups is 2. The number of halogens is 1. The summed E-state index contributed by atoms with van der Waals surface area (Å²) >= 11 is 6.60. The molecule has 14 nitrogen and oxygen atoms in total. The minimum absolute atomic E-state index is 0.0367. The van der Waals surface area contributed by atoms with Crippen LogP contribution in [-0.4, -0.2) is 67.0 Å². The molecule has 2 N–H and O–H groups in total. The summed E-state index contributed by atoms with van der Waals surface area (Å²) in [7, 11) is 1.96. The number of rotatable bonds is 17. The van der Waals surface area contributed by atoms with Crippen LogP contribution in [0.25, 0.3) is 11.3 Å². The van der Waals surface area contributed by atoms with Crippen molar-refractivity contribution < 1.29 is 24.0 Å². The number of unbranched alkanes of at least 4 members (excludes halogenated alkanes) is 3. The second kappa shape index (κ2) is 18.7. The number of nitrogens with zero attached hydrogens (tertiary/aromatic N) is 6. The van der Waals surface area contributed by atoms with Crippen molar-refractivity contribution in [1.82, 2.24) is 30.0 Å². The van der Waals surface area contributed by atoms with Gasteiger partial charge in [0.15, 0.2) is 0 Å². The second-order valence-electron chi connectivity index (χ2n) is 14.0. The molecular formula is C39H47ClN8O6. The largest absolute Gasteiger partial charge is 0.449 e. The third kappa shape index (κ3) is 10.9. The summed E-state index contributed by atoms with van der Waals surface area (Å²) in [6, 6.07) is 15.5. The van der Waals surface area contributed by atoms with Crippen molar-refractivity contribution in [2.24, 2.45) is 13.0 Å². The van der Waals surface area contributed by atoms with Crippen molar-refractivity contribution in [2.45, 2.75) is 89.3 Å². The van der Waals surface area contributed by atoms with Gasteiger partial charge in [0.25, 0.3) is 5.69 Å². The van der Waals surface area contributed by atoms with Crippen molar-refractivity contribution in [2.75, 3.05) is 18.5 Å². The third-order valence-electron chi connectivity index (χ3n) is 9.96. The van der Waals surface area contributed by atoms with E-state index < -0.39 is 11.0 Å². The molecule has 0 spiro atoms. The molecule has 0 radical (unpaired) electrons. The summed E-state index contributed by atoms with van der Waals surface area (Å²) in [6.07, 6.45) is 12.5. The van der Waals surface area contributed by atoms with Gasteiger partial charge in [0.1, 0.15) is 5.75 Å². The van der Waals surface area contributed by atoms with E-state index in [4.69, 9.17) is 26.1 Å². The molecule has 2 amide bonds. The lowest BCUT2D eigenvalue weighted by molar-refractivity contribution is -0.384. The second-order valence-corrected chi connectivity index (χ2v) is 14.4. The van der Waals surface area contributed by atoms with E-state index in [0.29, 0.717) is 48.7 Å². The van der Waals surface area contributed by atoms with Crippen LogP contribution in [0.1, 0.15) is 75.5 Å². The molecule has 4 aromatic rings. The van der Waals surface area contributed by atoms with Gasteiger partial charge in [-0.05, 0) is 87.8 Å². The molecule has 15 heteroatoms. The van der Waals surface area contributed by atoms with Crippen LogP contribution < -0.4 is 15.4 Å². The summed E-state index contributed by atoms with van der Waals surface area (Å²) < 4.78 is 12.9. The number of aromatic nitrogens is 4. The number of benzene rings is 2. The zero-order valence-electron chi connectivity index (χ0n) is 30.5. The molecule has 0 aliphatic heterocycles. The molecule has 2 aliphatic carbocycles. The molecule has 6 rings (SSSR count). The Kier molecular flexibility index (Phi) is 13.3. The quantitative estimate of drug-likeness (QED) is 0.0610. The standard InChI is InChI=1S/C39H47ClN8O6/c1-46-35(23-27-11-12-27)33(24-43-46)36-34(40)25-42-37(45-36)44-29-13-15-30(16-14-29)47(26-28-9-5-4-6-10-28)39(50)53-22-8-3-2-7-21-41-38(49)54-32-19-17-31(18-20-32)48(51)52/h4-6,9-10,17-20,24-25,27,29-30H,2-3,7-8,11-16,21-23,26H2,1H3,(H,41,49)(H,42,44,45). The molecule has 2 aromatic carbocycles. The maximum absolute atomic E-state index is 13.5. The number of hydrogen-bond donors (Lipinski definition) is 2. The highest BCUT2D eigenvalue weighted by Gasteiger charge is 2.31. The van der Waals surface area contributed by atoms with E-state index in [0.717, 1.165) is 68.2 Å². The number of carbonyl (C=O) groups excluding carboxylic acids is 2. The first-order valence-electron chi connectivity index (χ1n) is 18.7. The number of aryl methyl sites for hydroxylation is 1. The normalized spacial score (nSPS) is 16.7. The molecule has 2 aliphatic rings. The highest BCUT2D eigenvalue weighted by atomic mass is 35.5. The van der Waals surface area contributed by atoms with Gasteiger partial charge in [-0.25, -0.2) is 19.6 Å². The van der Waals surface area contributed by atoms with Crippen molar-refractivity contribution in [3.8, 4) is 17.0 Å². The Bertz CT molecular complexity index is 1860. The van der Waals surface area contributed by atoms with Gasteiger partial charge in [0, 0.05) is 55.6 Å². The zero-order valence-corrected chi connectivity index (χ0v) is 31.2. The molecule has 0 saturated heterocycles. The summed E-state index contributed by atoms with van der Waals surface area (Å²) in [5, 5.41) is 22.0. The lowest BCUT2D eigenvalue weighted by atomic mass is 9.90. The minimum Gasteiger partial charge on any atom is -0.449 e. The van der Waals surface area contributed by atoms with Crippen LogP contribution in [0.4, 0.5) is 21.2 Å². The van der Waals surface area contributed by atoms with Crippen LogP contribution in [-0.2, 0) is 24.8 Å². The van der Waals surface area contributed by atoms with E-state index >= 15 is 0 Å².